The molecule has 0 spiro atoms. The number of amides is 1. The van der Waals surface area contributed by atoms with Gasteiger partial charge in [0, 0.05) is 24.3 Å². The number of ether oxygens (including phenoxy) is 1. The maximum absolute atomic E-state index is 12.0. The molecular weight excluding hydrogens is 390 g/mol. The van der Waals surface area contributed by atoms with Crippen molar-refractivity contribution in [3.05, 3.63) is 0 Å². The maximum atomic E-state index is 12.0. The smallest absolute Gasteiger partial charge is 0.223 e. The van der Waals surface area contributed by atoms with Crippen LogP contribution < -0.4 is 5.32 Å². The Bertz CT molecular complexity index is 446. The molecule has 0 aromatic heterocycles. The summed E-state index contributed by atoms with van der Waals surface area (Å²) in [7, 11) is 0. The van der Waals surface area contributed by atoms with Crippen LogP contribution in [0.3, 0.4) is 0 Å². The lowest BCUT2D eigenvalue weighted by atomic mass is 9.80. The zero-order valence-electron chi connectivity index (χ0n) is 19.3. The summed E-state index contributed by atoms with van der Waals surface area (Å²) in [6.45, 7) is 10.6. The first-order valence-corrected chi connectivity index (χ1v) is 11.7. The zero-order chi connectivity index (χ0) is 22.3. The molecule has 0 bridgehead atoms. The van der Waals surface area contributed by atoms with Gasteiger partial charge in [-0.25, -0.2) is 0 Å². The third kappa shape index (κ3) is 14.9. The van der Waals surface area contributed by atoms with Crippen molar-refractivity contribution in [1.29, 1.82) is 0 Å². The van der Waals surface area contributed by atoms with Gasteiger partial charge >= 0.3 is 0 Å². The Labute approximate surface area is 183 Å². The van der Waals surface area contributed by atoms with Gasteiger partial charge in [0.1, 0.15) is 5.78 Å². The largest absolute Gasteiger partial charge is 0.393 e. The molecule has 0 heterocycles. The maximum Gasteiger partial charge on any atom is 0.223 e. The first-order chi connectivity index (χ1) is 13.6. The SMILES string of the molecule is CC(=O)C1CCC(C(=O)NCCOC(C)(C)CO)CC1.CC(C)CCCCCCl. The van der Waals surface area contributed by atoms with Gasteiger partial charge in [-0.3, -0.25) is 9.59 Å². The number of hydrogen-bond donors (Lipinski definition) is 2. The molecule has 2 N–H and O–H groups in total. The lowest BCUT2D eigenvalue weighted by molar-refractivity contribution is -0.129. The highest BCUT2D eigenvalue weighted by Crippen LogP contribution is 2.29. The van der Waals surface area contributed by atoms with Crippen LogP contribution in [0.2, 0.25) is 0 Å². The quantitative estimate of drug-likeness (QED) is 0.344. The van der Waals surface area contributed by atoms with Gasteiger partial charge < -0.3 is 15.2 Å². The molecule has 1 aliphatic rings. The molecule has 0 aliphatic heterocycles. The van der Waals surface area contributed by atoms with Gasteiger partial charge in [-0.15, -0.1) is 11.6 Å². The molecule has 1 fully saturated rings. The van der Waals surface area contributed by atoms with E-state index in [1.807, 2.05) is 0 Å². The second-order valence-corrected chi connectivity index (χ2v) is 9.53. The first-order valence-electron chi connectivity index (χ1n) is 11.2. The number of halogens is 1. The second kappa shape index (κ2) is 16.1. The number of aliphatic hydroxyl groups excluding tert-OH is 1. The predicted octanol–water partition coefficient (Wildman–Crippen LogP) is 4.73. The lowest BCUT2D eigenvalue weighted by Crippen LogP contribution is -2.38. The van der Waals surface area contributed by atoms with Crippen LogP contribution in [0.25, 0.3) is 0 Å². The summed E-state index contributed by atoms with van der Waals surface area (Å²) in [5.41, 5.74) is -0.565. The molecule has 0 radical (unpaired) electrons. The zero-order valence-corrected chi connectivity index (χ0v) is 20.0. The Hall–Kier alpha value is -0.650. The molecule has 0 unspecified atom stereocenters. The number of alkyl halides is 1. The van der Waals surface area contributed by atoms with Crippen molar-refractivity contribution in [2.75, 3.05) is 25.6 Å². The van der Waals surface area contributed by atoms with E-state index >= 15 is 0 Å². The standard InChI is InChI=1S/C15H27NO4.C8H17Cl/c1-11(18)12-4-6-13(7-5-12)14(19)16-8-9-20-15(2,3)10-17;1-8(2)6-4-3-5-7-9/h12-13,17H,4-10H2,1-3H3,(H,16,19);8H,3-7H2,1-2H3. The minimum Gasteiger partial charge on any atom is -0.393 e. The van der Waals surface area contributed by atoms with Gasteiger partial charge in [0.2, 0.25) is 5.91 Å². The predicted molar refractivity (Wildman–Crippen MR) is 120 cm³/mol. The minimum atomic E-state index is -0.565. The third-order valence-corrected chi connectivity index (χ3v) is 5.63. The molecule has 0 saturated heterocycles. The molecule has 5 nitrogen and oxygen atoms in total. The Morgan fingerprint density at radius 3 is 2.17 bits per heavy atom. The summed E-state index contributed by atoms with van der Waals surface area (Å²) in [6.07, 6.45) is 8.43. The van der Waals surface area contributed by atoms with Crippen molar-refractivity contribution in [2.24, 2.45) is 17.8 Å². The molecule has 1 rings (SSSR count). The number of carbonyl (C=O) groups excluding carboxylic acids is 2. The number of carbonyl (C=O) groups is 2. The van der Waals surface area contributed by atoms with Crippen molar-refractivity contribution < 1.29 is 19.4 Å². The van der Waals surface area contributed by atoms with Crippen molar-refractivity contribution >= 4 is 23.3 Å². The number of rotatable bonds is 12. The molecule has 172 valence electrons. The van der Waals surface area contributed by atoms with Gasteiger partial charge in [-0.1, -0.05) is 33.1 Å². The summed E-state index contributed by atoms with van der Waals surface area (Å²) in [4.78, 5) is 23.2. The van der Waals surface area contributed by atoms with E-state index in [1.54, 1.807) is 20.8 Å². The van der Waals surface area contributed by atoms with Crippen molar-refractivity contribution in [1.82, 2.24) is 5.32 Å². The topological polar surface area (TPSA) is 75.6 Å². The number of unbranched alkanes of at least 4 members (excludes halogenated alkanes) is 2. The molecule has 29 heavy (non-hydrogen) atoms. The number of Topliss-reactive ketones (excluding diaryl/α,β-unsaturated/α-hetero) is 1. The highest BCUT2D eigenvalue weighted by atomic mass is 35.5. The molecule has 1 aliphatic carbocycles. The minimum absolute atomic E-state index is 0.0245. The average molecular weight is 434 g/mol. The van der Waals surface area contributed by atoms with Gasteiger partial charge in [-0.05, 0) is 58.8 Å². The van der Waals surface area contributed by atoms with Crippen molar-refractivity contribution in [2.45, 2.75) is 91.6 Å². The molecule has 0 aromatic carbocycles. The van der Waals surface area contributed by atoms with Crippen LogP contribution >= 0.6 is 11.6 Å². The molecule has 0 aromatic rings. The van der Waals surface area contributed by atoms with Crippen LogP contribution in [0.4, 0.5) is 0 Å². The van der Waals surface area contributed by atoms with Gasteiger partial charge in [0.15, 0.2) is 0 Å². The van der Waals surface area contributed by atoms with Crippen LogP contribution in [0.5, 0.6) is 0 Å². The Kier molecular flexibility index (Phi) is 15.7. The molecule has 1 saturated carbocycles. The Morgan fingerprint density at radius 1 is 1.10 bits per heavy atom. The van der Waals surface area contributed by atoms with E-state index in [9.17, 15) is 9.59 Å². The molecular formula is C23H44ClNO4. The van der Waals surface area contributed by atoms with Crippen molar-refractivity contribution in [3.63, 3.8) is 0 Å². The Balaban J connectivity index is 0.000000734. The summed E-state index contributed by atoms with van der Waals surface area (Å²) >= 11 is 5.52. The van der Waals surface area contributed by atoms with Gasteiger partial charge in [0.05, 0.1) is 18.8 Å². The summed E-state index contributed by atoms with van der Waals surface area (Å²) in [6, 6.07) is 0. The summed E-state index contributed by atoms with van der Waals surface area (Å²) < 4.78 is 5.46. The third-order valence-electron chi connectivity index (χ3n) is 5.36. The van der Waals surface area contributed by atoms with E-state index in [-0.39, 0.29) is 30.1 Å². The lowest BCUT2D eigenvalue weighted by Gasteiger charge is -2.26. The fourth-order valence-corrected chi connectivity index (χ4v) is 3.47. The van der Waals surface area contributed by atoms with E-state index in [2.05, 4.69) is 19.2 Å². The van der Waals surface area contributed by atoms with Crippen LogP contribution in [0.15, 0.2) is 0 Å². The van der Waals surface area contributed by atoms with E-state index in [4.69, 9.17) is 21.4 Å². The average Bonchev–Trinajstić information content (AvgIpc) is 2.69. The molecule has 0 atom stereocenters. The Morgan fingerprint density at radius 2 is 1.69 bits per heavy atom. The van der Waals surface area contributed by atoms with Gasteiger partial charge in [-0.2, -0.15) is 0 Å². The normalized spacial score (nSPS) is 19.4. The van der Waals surface area contributed by atoms with Crippen LogP contribution in [0, 0.1) is 17.8 Å². The summed E-state index contributed by atoms with van der Waals surface area (Å²) in [5, 5.41) is 11.9. The van der Waals surface area contributed by atoms with Crippen LogP contribution in [0.1, 0.15) is 86.0 Å². The van der Waals surface area contributed by atoms with Crippen LogP contribution in [-0.2, 0) is 14.3 Å². The summed E-state index contributed by atoms with van der Waals surface area (Å²) in [5.74, 6) is 2.16. The fraction of sp³-hybridized carbons (Fsp3) is 0.913. The van der Waals surface area contributed by atoms with E-state index in [0.717, 1.165) is 37.5 Å². The van der Waals surface area contributed by atoms with E-state index < -0.39 is 5.60 Å². The van der Waals surface area contributed by atoms with Gasteiger partial charge in [0.25, 0.3) is 0 Å². The number of nitrogens with one attached hydrogen (secondary N) is 1. The van der Waals surface area contributed by atoms with Crippen LogP contribution in [-0.4, -0.2) is 48.0 Å². The number of hydrogen-bond acceptors (Lipinski definition) is 4. The van der Waals surface area contributed by atoms with Crippen molar-refractivity contribution in [3.8, 4) is 0 Å². The van der Waals surface area contributed by atoms with E-state index in [1.165, 1.54) is 25.7 Å². The fourth-order valence-electron chi connectivity index (χ4n) is 3.28. The second-order valence-electron chi connectivity index (χ2n) is 9.15. The first kappa shape index (κ1) is 28.4. The number of ketones is 1. The number of aliphatic hydroxyl groups is 1. The highest BCUT2D eigenvalue weighted by molar-refractivity contribution is 6.17. The molecule has 1 amide bonds. The highest BCUT2D eigenvalue weighted by Gasteiger charge is 2.28. The van der Waals surface area contributed by atoms with E-state index in [0.29, 0.717) is 13.2 Å². The molecule has 6 heteroatoms. The monoisotopic (exact) mass is 433 g/mol.